The van der Waals surface area contributed by atoms with Gasteiger partial charge in [-0.3, -0.25) is 4.99 Å². The molecule has 7 nitrogen and oxygen atoms in total. The SMILES string of the molecule is CN=C(NCc1ccccc1OCCN(C)C)N1CCN(c2ccc(OC)cc2)CC1. The Labute approximate surface area is 186 Å². The fourth-order valence-corrected chi connectivity index (χ4v) is 3.60. The molecule has 0 aliphatic carbocycles. The second-order valence-electron chi connectivity index (χ2n) is 7.83. The lowest BCUT2D eigenvalue weighted by Gasteiger charge is -2.37. The maximum absolute atomic E-state index is 5.99. The molecule has 0 bridgehead atoms. The Morgan fingerprint density at radius 1 is 1.03 bits per heavy atom. The molecule has 168 valence electrons. The number of hydrogen-bond donors (Lipinski definition) is 1. The van der Waals surface area contributed by atoms with Crippen molar-refractivity contribution in [2.75, 3.05) is 72.5 Å². The molecule has 1 aliphatic rings. The smallest absolute Gasteiger partial charge is 0.194 e. The van der Waals surface area contributed by atoms with Crippen LogP contribution in [0.5, 0.6) is 11.5 Å². The molecule has 0 radical (unpaired) electrons. The molecule has 0 unspecified atom stereocenters. The third-order valence-corrected chi connectivity index (χ3v) is 5.43. The predicted molar refractivity (Wildman–Crippen MR) is 127 cm³/mol. The van der Waals surface area contributed by atoms with Gasteiger partial charge in [-0.25, -0.2) is 0 Å². The molecule has 31 heavy (non-hydrogen) atoms. The highest BCUT2D eigenvalue weighted by molar-refractivity contribution is 5.80. The fourth-order valence-electron chi connectivity index (χ4n) is 3.60. The number of para-hydroxylation sites is 1. The number of methoxy groups -OCH3 is 1. The van der Waals surface area contributed by atoms with Gasteiger partial charge < -0.3 is 29.5 Å². The van der Waals surface area contributed by atoms with Gasteiger partial charge in [-0.05, 0) is 44.4 Å². The van der Waals surface area contributed by atoms with Gasteiger partial charge in [0, 0.05) is 57.6 Å². The Morgan fingerprint density at radius 3 is 2.39 bits per heavy atom. The molecule has 7 heteroatoms. The highest BCUT2D eigenvalue weighted by atomic mass is 16.5. The Morgan fingerprint density at radius 2 is 1.74 bits per heavy atom. The molecule has 2 aromatic carbocycles. The number of nitrogens with zero attached hydrogens (tertiary/aromatic N) is 4. The maximum atomic E-state index is 5.99. The largest absolute Gasteiger partial charge is 0.497 e. The standard InChI is InChI=1S/C24H35N5O2/c1-25-24(26-19-20-7-5-6-8-23(20)31-18-17-27(2)3)29-15-13-28(14-16-29)21-9-11-22(30-4)12-10-21/h5-12H,13-19H2,1-4H3,(H,25,26). The summed E-state index contributed by atoms with van der Waals surface area (Å²) < 4.78 is 11.2. The summed E-state index contributed by atoms with van der Waals surface area (Å²) in [7, 11) is 7.64. The van der Waals surface area contributed by atoms with Crippen LogP contribution in [0, 0.1) is 0 Å². The number of anilines is 1. The van der Waals surface area contributed by atoms with Gasteiger partial charge in [-0.2, -0.15) is 0 Å². The zero-order valence-corrected chi connectivity index (χ0v) is 19.2. The van der Waals surface area contributed by atoms with Crippen molar-refractivity contribution in [3.63, 3.8) is 0 Å². The minimum Gasteiger partial charge on any atom is -0.497 e. The molecule has 0 amide bonds. The number of likely N-dealkylation sites (N-methyl/N-ethyl adjacent to an activating group) is 1. The molecular formula is C24H35N5O2. The lowest BCUT2D eigenvalue weighted by molar-refractivity contribution is 0.259. The van der Waals surface area contributed by atoms with E-state index in [2.05, 4.69) is 57.3 Å². The summed E-state index contributed by atoms with van der Waals surface area (Å²) in [5, 5.41) is 3.52. The maximum Gasteiger partial charge on any atom is 0.194 e. The van der Waals surface area contributed by atoms with E-state index in [0.717, 1.165) is 55.7 Å². The summed E-state index contributed by atoms with van der Waals surface area (Å²) in [5.74, 6) is 2.74. The molecule has 0 saturated carbocycles. The van der Waals surface area contributed by atoms with Gasteiger partial charge in [0.05, 0.1) is 7.11 Å². The van der Waals surface area contributed by atoms with Crippen molar-refractivity contribution < 1.29 is 9.47 Å². The van der Waals surface area contributed by atoms with E-state index in [-0.39, 0.29) is 0 Å². The zero-order chi connectivity index (χ0) is 22.1. The van der Waals surface area contributed by atoms with E-state index < -0.39 is 0 Å². The topological polar surface area (TPSA) is 52.6 Å². The summed E-state index contributed by atoms with van der Waals surface area (Å²) >= 11 is 0. The minimum absolute atomic E-state index is 0.673. The molecule has 0 spiro atoms. The van der Waals surface area contributed by atoms with Crippen LogP contribution in [-0.2, 0) is 6.54 Å². The van der Waals surface area contributed by atoms with Crippen molar-refractivity contribution in [2.24, 2.45) is 4.99 Å². The van der Waals surface area contributed by atoms with E-state index in [1.807, 2.05) is 37.4 Å². The highest BCUT2D eigenvalue weighted by Crippen LogP contribution is 2.21. The van der Waals surface area contributed by atoms with Crippen LogP contribution in [-0.4, -0.2) is 83.3 Å². The molecule has 3 rings (SSSR count). The van der Waals surface area contributed by atoms with Crippen LogP contribution in [0.3, 0.4) is 0 Å². The predicted octanol–water partition coefficient (Wildman–Crippen LogP) is 2.53. The second-order valence-corrected chi connectivity index (χ2v) is 7.83. The number of benzene rings is 2. The van der Waals surface area contributed by atoms with Crippen LogP contribution < -0.4 is 19.7 Å². The van der Waals surface area contributed by atoms with Crippen LogP contribution in [0.25, 0.3) is 0 Å². The van der Waals surface area contributed by atoms with Gasteiger partial charge in [-0.15, -0.1) is 0 Å². The normalized spacial score (nSPS) is 14.7. The number of hydrogen-bond acceptors (Lipinski definition) is 5. The lowest BCUT2D eigenvalue weighted by Crippen LogP contribution is -2.52. The molecule has 0 aromatic heterocycles. The van der Waals surface area contributed by atoms with Crippen LogP contribution in [0.1, 0.15) is 5.56 Å². The van der Waals surface area contributed by atoms with Crippen molar-refractivity contribution in [1.82, 2.24) is 15.1 Å². The van der Waals surface area contributed by atoms with Crippen LogP contribution in [0.15, 0.2) is 53.5 Å². The van der Waals surface area contributed by atoms with Gasteiger partial charge in [0.2, 0.25) is 0 Å². The van der Waals surface area contributed by atoms with Gasteiger partial charge in [-0.1, -0.05) is 18.2 Å². The van der Waals surface area contributed by atoms with Crippen molar-refractivity contribution in [2.45, 2.75) is 6.54 Å². The first-order chi connectivity index (χ1) is 15.1. The van der Waals surface area contributed by atoms with Gasteiger partial charge >= 0.3 is 0 Å². The Hall–Kier alpha value is -2.93. The Balaban J connectivity index is 1.52. The number of rotatable bonds is 8. The van der Waals surface area contributed by atoms with Crippen LogP contribution in [0.4, 0.5) is 5.69 Å². The van der Waals surface area contributed by atoms with Crippen molar-refractivity contribution in [1.29, 1.82) is 0 Å². The van der Waals surface area contributed by atoms with E-state index in [4.69, 9.17) is 9.47 Å². The number of ether oxygens (including phenoxy) is 2. The number of piperazine rings is 1. The van der Waals surface area contributed by atoms with Gasteiger partial charge in [0.15, 0.2) is 5.96 Å². The van der Waals surface area contributed by atoms with E-state index in [1.54, 1.807) is 7.11 Å². The Bertz CT molecular complexity index is 830. The molecule has 1 N–H and O–H groups in total. The molecule has 2 aromatic rings. The molecule has 0 atom stereocenters. The summed E-state index contributed by atoms with van der Waals surface area (Å²) in [4.78, 5) is 11.3. The minimum atomic E-state index is 0.673. The Kier molecular flexibility index (Phi) is 8.41. The molecule has 1 saturated heterocycles. The number of guanidine groups is 1. The van der Waals surface area contributed by atoms with E-state index in [1.165, 1.54) is 5.69 Å². The zero-order valence-electron chi connectivity index (χ0n) is 19.2. The van der Waals surface area contributed by atoms with Crippen LogP contribution >= 0.6 is 0 Å². The first-order valence-corrected chi connectivity index (χ1v) is 10.8. The molecule has 1 fully saturated rings. The third-order valence-electron chi connectivity index (χ3n) is 5.43. The number of nitrogens with one attached hydrogen (secondary N) is 1. The van der Waals surface area contributed by atoms with Gasteiger partial charge in [0.25, 0.3) is 0 Å². The van der Waals surface area contributed by atoms with Crippen molar-refractivity contribution in [3.8, 4) is 11.5 Å². The van der Waals surface area contributed by atoms with Crippen molar-refractivity contribution in [3.05, 3.63) is 54.1 Å². The van der Waals surface area contributed by atoms with E-state index >= 15 is 0 Å². The summed E-state index contributed by atoms with van der Waals surface area (Å²) in [6.07, 6.45) is 0. The van der Waals surface area contributed by atoms with E-state index in [9.17, 15) is 0 Å². The average Bonchev–Trinajstić information content (AvgIpc) is 2.80. The van der Waals surface area contributed by atoms with Crippen molar-refractivity contribution >= 4 is 11.6 Å². The highest BCUT2D eigenvalue weighted by Gasteiger charge is 2.20. The van der Waals surface area contributed by atoms with E-state index in [0.29, 0.717) is 13.2 Å². The first kappa shape index (κ1) is 22.7. The quantitative estimate of drug-likeness (QED) is 0.518. The monoisotopic (exact) mass is 425 g/mol. The summed E-state index contributed by atoms with van der Waals surface area (Å²) in [6.45, 7) is 6.01. The van der Waals surface area contributed by atoms with Gasteiger partial charge in [0.1, 0.15) is 18.1 Å². The summed E-state index contributed by atoms with van der Waals surface area (Å²) in [5.41, 5.74) is 2.37. The second kappa shape index (κ2) is 11.5. The van der Waals surface area contributed by atoms with Crippen LogP contribution in [0.2, 0.25) is 0 Å². The molecule has 1 heterocycles. The molecule has 1 aliphatic heterocycles. The lowest BCUT2D eigenvalue weighted by atomic mass is 10.2. The molecular weight excluding hydrogens is 390 g/mol. The average molecular weight is 426 g/mol. The third kappa shape index (κ3) is 6.52. The summed E-state index contributed by atoms with van der Waals surface area (Å²) in [6, 6.07) is 16.5. The number of aliphatic imine (C=N–C) groups is 1. The first-order valence-electron chi connectivity index (χ1n) is 10.8. The fraction of sp³-hybridized carbons (Fsp3) is 0.458.